The van der Waals surface area contributed by atoms with Crippen molar-refractivity contribution >= 4 is 33.2 Å². The summed E-state index contributed by atoms with van der Waals surface area (Å²) in [6, 6.07) is 8.53. The van der Waals surface area contributed by atoms with Crippen molar-refractivity contribution in [2.45, 2.75) is 146 Å². The molecule has 10 atom stereocenters. The van der Waals surface area contributed by atoms with Crippen LogP contribution in [0.25, 0.3) is 0 Å². The Kier molecular flexibility index (Phi) is 10.9. The summed E-state index contributed by atoms with van der Waals surface area (Å²) < 4.78 is 30.3. The molecule has 2 N–H and O–H groups in total. The molecule has 7 aliphatic rings. The van der Waals surface area contributed by atoms with Crippen LogP contribution < -0.4 is 10.2 Å². The number of carbonyl (C=O) groups excluding carboxylic acids is 2. The van der Waals surface area contributed by atoms with E-state index in [2.05, 4.69) is 82.9 Å². The van der Waals surface area contributed by atoms with E-state index in [9.17, 15) is 27.9 Å². The number of rotatable bonds is 10. The summed E-state index contributed by atoms with van der Waals surface area (Å²) in [5, 5.41) is 13.4. The van der Waals surface area contributed by atoms with E-state index in [-0.39, 0.29) is 62.5 Å². The summed E-state index contributed by atoms with van der Waals surface area (Å²) in [6.07, 6.45) is 10.4. The first-order chi connectivity index (χ1) is 28.0. The lowest BCUT2D eigenvalue weighted by atomic mass is 9.33. The van der Waals surface area contributed by atoms with Crippen LogP contribution in [-0.4, -0.2) is 68.5 Å². The molecule has 0 unspecified atom stereocenters. The van der Waals surface area contributed by atoms with Crippen LogP contribution in [0.2, 0.25) is 0 Å². The van der Waals surface area contributed by atoms with Crippen LogP contribution in [0.15, 0.2) is 35.4 Å². The van der Waals surface area contributed by atoms with Gasteiger partial charge in [0, 0.05) is 42.6 Å². The highest BCUT2D eigenvalue weighted by Gasteiger charge is 2.70. The van der Waals surface area contributed by atoms with Gasteiger partial charge in [0.15, 0.2) is 15.6 Å². The molecule has 0 amide bonds. The quantitative estimate of drug-likeness (QED) is 0.175. The third kappa shape index (κ3) is 6.75. The first-order valence-corrected chi connectivity index (χ1v) is 25.3. The number of Topliss-reactive ketones (excluding diaryl/α,β-unsaturated/α-hetero) is 1. The minimum atomic E-state index is -2.92. The standard InChI is InChI=1S/C50H74N2O7S/c1-31(2)41-37(53)29-50(22-23-51-30-32-10-12-33(13-11-32)52-24-26-60(57,58)27-25-52)21-20-48(8)34(42(41)50)14-15-39-47(7)18-17-40(46(5,6)38(47)16-19-49(39,48)9)59-44(56)36-28-35(43(54)55)45(36,3)4/h10-13,31,34-36,38-40,51H,14-30H2,1-9H3,(H,54,55)/t34-,35+,36-,38+,39-,40+,47+,48-,49-,50-/m1/s1. The largest absolute Gasteiger partial charge is 0.481 e. The number of hydrogen-bond donors (Lipinski definition) is 2. The Morgan fingerprint density at radius 2 is 1.53 bits per heavy atom. The maximum Gasteiger partial charge on any atom is 0.309 e. The molecule has 9 nitrogen and oxygen atoms in total. The Bertz CT molecular complexity index is 2030. The molecule has 10 heteroatoms. The Morgan fingerprint density at radius 3 is 2.17 bits per heavy atom. The number of carboxylic acid groups (broad SMARTS) is 1. The number of nitrogens with one attached hydrogen (secondary N) is 1. The Balaban J connectivity index is 0.962. The Morgan fingerprint density at radius 1 is 0.850 bits per heavy atom. The lowest BCUT2D eigenvalue weighted by Crippen LogP contribution is -2.66. The highest BCUT2D eigenvalue weighted by atomic mass is 32.2. The van der Waals surface area contributed by atoms with Crippen LogP contribution >= 0.6 is 0 Å². The van der Waals surface area contributed by atoms with Crippen molar-refractivity contribution in [1.29, 1.82) is 0 Å². The average Bonchev–Trinajstić information content (AvgIpc) is 3.46. The molecular weight excluding hydrogens is 773 g/mol. The second-order valence-corrected chi connectivity index (χ2v) is 25.3. The van der Waals surface area contributed by atoms with Crippen molar-refractivity contribution < 1.29 is 32.6 Å². The maximum absolute atomic E-state index is 14.2. The topological polar surface area (TPSA) is 130 Å². The smallest absolute Gasteiger partial charge is 0.309 e. The molecule has 0 bridgehead atoms. The molecule has 332 valence electrons. The lowest BCUT2D eigenvalue weighted by Gasteiger charge is -2.72. The predicted molar refractivity (Wildman–Crippen MR) is 236 cm³/mol. The van der Waals surface area contributed by atoms with E-state index in [1.807, 2.05) is 13.8 Å². The summed E-state index contributed by atoms with van der Waals surface area (Å²) in [5.41, 5.74) is 4.41. The zero-order valence-corrected chi connectivity index (χ0v) is 38.9. The molecule has 1 saturated heterocycles. The molecule has 1 aromatic rings. The van der Waals surface area contributed by atoms with Gasteiger partial charge in [-0.25, -0.2) is 8.42 Å². The fourth-order valence-corrected chi connectivity index (χ4v) is 16.8. The number of benzene rings is 1. The molecule has 0 radical (unpaired) electrons. The highest BCUT2D eigenvalue weighted by molar-refractivity contribution is 7.91. The summed E-state index contributed by atoms with van der Waals surface area (Å²) in [5.74, 6) is 0.484. The molecule has 1 heterocycles. The van der Waals surface area contributed by atoms with Crippen molar-refractivity contribution in [3.63, 3.8) is 0 Å². The number of anilines is 1. The predicted octanol–water partition coefficient (Wildman–Crippen LogP) is 9.04. The first kappa shape index (κ1) is 43.9. The van der Waals surface area contributed by atoms with Gasteiger partial charge in [-0.2, -0.15) is 0 Å². The van der Waals surface area contributed by atoms with E-state index in [1.54, 1.807) is 0 Å². The van der Waals surface area contributed by atoms with Gasteiger partial charge in [-0.15, -0.1) is 0 Å². The van der Waals surface area contributed by atoms with E-state index >= 15 is 0 Å². The van der Waals surface area contributed by atoms with E-state index in [4.69, 9.17) is 4.74 Å². The number of carbonyl (C=O) groups is 3. The van der Waals surface area contributed by atoms with Crippen molar-refractivity contribution in [3.05, 3.63) is 41.0 Å². The minimum Gasteiger partial charge on any atom is -0.481 e. The first-order valence-electron chi connectivity index (χ1n) is 23.5. The van der Waals surface area contributed by atoms with Gasteiger partial charge >= 0.3 is 11.9 Å². The van der Waals surface area contributed by atoms with Gasteiger partial charge in [-0.05, 0) is 139 Å². The van der Waals surface area contributed by atoms with Crippen LogP contribution in [0.5, 0.6) is 0 Å². The third-order valence-electron chi connectivity index (χ3n) is 19.4. The fraction of sp³-hybridized carbons (Fsp3) is 0.780. The molecule has 1 aromatic carbocycles. The van der Waals surface area contributed by atoms with Gasteiger partial charge < -0.3 is 20.1 Å². The summed E-state index contributed by atoms with van der Waals surface area (Å²) >= 11 is 0. The van der Waals surface area contributed by atoms with Crippen LogP contribution in [0.3, 0.4) is 0 Å². The van der Waals surface area contributed by atoms with Gasteiger partial charge in [0.1, 0.15) is 6.10 Å². The average molecular weight is 847 g/mol. The molecule has 0 spiro atoms. The number of fused-ring (bicyclic) bond motifs is 7. The normalized spacial score (nSPS) is 40.2. The number of ketones is 1. The van der Waals surface area contributed by atoms with Crippen LogP contribution in [0.1, 0.15) is 139 Å². The number of esters is 1. The molecule has 6 aliphatic carbocycles. The number of aliphatic carboxylic acids is 1. The molecule has 0 aromatic heterocycles. The van der Waals surface area contributed by atoms with Crippen LogP contribution in [0, 0.1) is 68.0 Å². The molecule has 8 rings (SSSR count). The van der Waals surface area contributed by atoms with Gasteiger partial charge in [0.2, 0.25) is 0 Å². The van der Waals surface area contributed by atoms with Crippen molar-refractivity contribution in [2.24, 2.45) is 68.0 Å². The maximum atomic E-state index is 14.2. The van der Waals surface area contributed by atoms with Crippen molar-refractivity contribution in [3.8, 4) is 0 Å². The number of nitrogens with zero attached hydrogens (tertiary/aromatic N) is 1. The highest BCUT2D eigenvalue weighted by Crippen LogP contribution is 2.77. The Hall–Kier alpha value is -2.72. The van der Waals surface area contributed by atoms with Crippen LogP contribution in [-0.2, 0) is 35.5 Å². The van der Waals surface area contributed by atoms with E-state index in [0.29, 0.717) is 49.5 Å². The second kappa shape index (κ2) is 14.9. The summed E-state index contributed by atoms with van der Waals surface area (Å²) in [7, 11) is -2.92. The number of carboxylic acids is 1. The number of allylic oxidation sites excluding steroid dienone is 2. The van der Waals surface area contributed by atoms with Gasteiger partial charge in [0.05, 0.1) is 23.3 Å². The number of sulfone groups is 1. The number of ether oxygens (including phenoxy) is 1. The van der Waals surface area contributed by atoms with Gasteiger partial charge in [-0.3, -0.25) is 14.4 Å². The number of hydrogen-bond acceptors (Lipinski definition) is 8. The Labute approximate surface area is 360 Å². The van der Waals surface area contributed by atoms with E-state index in [1.165, 1.54) is 11.1 Å². The zero-order valence-electron chi connectivity index (χ0n) is 38.1. The monoisotopic (exact) mass is 847 g/mol. The van der Waals surface area contributed by atoms with Gasteiger partial charge in [-0.1, -0.05) is 80.0 Å². The molecule has 6 fully saturated rings. The SMILES string of the molecule is CC(C)C1=C2[C@H]3CC[C@@H]4[C@@]5(C)CC[C@H](OC(=O)[C@H]6C[C@@H](C(=O)O)C6(C)C)C(C)(C)[C@@H]5CC[C@@]4(C)[C@]3(C)CC[C@@]2(CCNCc2ccc(N3CCS(=O)(=O)CC3)cc2)CC1=O. The summed E-state index contributed by atoms with van der Waals surface area (Å²) in [6.45, 7) is 23.5. The van der Waals surface area contributed by atoms with Crippen LogP contribution in [0.4, 0.5) is 5.69 Å². The van der Waals surface area contributed by atoms with E-state index < -0.39 is 27.1 Å². The lowest BCUT2D eigenvalue weighted by molar-refractivity contribution is -0.236. The molecule has 60 heavy (non-hydrogen) atoms. The zero-order chi connectivity index (χ0) is 43.4. The molecule has 1 aliphatic heterocycles. The summed E-state index contributed by atoms with van der Waals surface area (Å²) in [4.78, 5) is 41.8. The molecule has 5 saturated carbocycles. The third-order valence-corrected chi connectivity index (χ3v) is 21.0. The van der Waals surface area contributed by atoms with E-state index in [0.717, 1.165) is 82.1 Å². The fourth-order valence-electron chi connectivity index (χ4n) is 15.6. The molecular formula is C50H74N2O7S. The van der Waals surface area contributed by atoms with Crippen molar-refractivity contribution in [1.82, 2.24) is 5.32 Å². The minimum absolute atomic E-state index is 0.0833. The van der Waals surface area contributed by atoms with Gasteiger partial charge in [0.25, 0.3) is 0 Å². The second-order valence-electron chi connectivity index (χ2n) is 23.0. The van der Waals surface area contributed by atoms with Crippen molar-refractivity contribution in [2.75, 3.05) is 36.0 Å².